The molecule has 3 atom stereocenters. The summed E-state index contributed by atoms with van der Waals surface area (Å²) in [4.78, 5) is 10.5. The number of nitrogens with one attached hydrogen (secondary N) is 1. The Morgan fingerprint density at radius 2 is 1.68 bits per heavy atom. The van der Waals surface area contributed by atoms with Crippen molar-refractivity contribution in [1.82, 2.24) is 4.72 Å². The highest BCUT2D eigenvalue weighted by molar-refractivity contribution is 7.83. The summed E-state index contributed by atoms with van der Waals surface area (Å²) in [5.41, 5.74) is 0. The third-order valence-corrected chi connectivity index (χ3v) is 2.61. The van der Waals surface area contributed by atoms with Gasteiger partial charge in [-0.3, -0.25) is 9.11 Å². The Morgan fingerprint density at radius 3 is 2.05 bits per heavy atom. The first kappa shape index (κ1) is 18.3. The Bertz CT molecular complexity index is 484. The van der Waals surface area contributed by atoms with Crippen LogP contribution in [0.15, 0.2) is 0 Å². The first-order valence-electron chi connectivity index (χ1n) is 4.47. The predicted octanol–water partition coefficient (Wildman–Crippen LogP) is -3.31. The molecule has 0 saturated heterocycles. The van der Waals surface area contributed by atoms with Gasteiger partial charge in [0.1, 0.15) is 12.3 Å². The van der Waals surface area contributed by atoms with Crippen molar-refractivity contribution < 1.29 is 45.1 Å². The lowest BCUT2D eigenvalue weighted by molar-refractivity contribution is -0.111. The van der Waals surface area contributed by atoms with E-state index in [1.54, 1.807) is 0 Å². The van der Waals surface area contributed by atoms with Gasteiger partial charge in [0, 0.05) is 6.42 Å². The molecule has 0 amide bonds. The maximum absolute atomic E-state index is 10.5. The molecule has 0 aromatic rings. The molecule has 0 aromatic carbocycles. The quantitative estimate of drug-likeness (QED) is 0.212. The molecule has 11 nitrogen and oxygen atoms in total. The molecule has 13 heteroatoms. The molecule has 0 fully saturated rings. The minimum absolute atomic E-state index is 0.0642. The van der Waals surface area contributed by atoms with Gasteiger partial charge in [-0.15, -0.1) is 0 Å². The number of hydrogen-bond acceptors (Lipinski definition) is 8. The van der Waals surface area contributed by atoms with Crippen LogP contribution >= 0.6 is 0 Å². The van der Waals surface area contributed by atoms with Crippen LogP contribution in [0.25, 0.3) is 0 Å². The van der Waals surface area contributed by atoms with Crippen molar-refractivity contribution in [2.24, 2.45) is 0 Å². The van der Waals surface area contributed by atoms with Gasteiger partial charge in [0.15, 0.2) is 0 Å². The van der Waals surface area contributed by atoms with E-state index in [1.165, 1.54) is 4.72 Å². The first-order chi connectivity index (χ1) is 8.44. The Balaban J connectivity index is 4.41. The summed E-state index contributed by atoms with van der Waals surface area (Å²) in [6.07, 6.45) is -3.12. The van der Waals surface area contributed by atoms with E-state index in [0.29, 0.717) is 6.42 Å². The van der Waals surface area contributed by atoms with E-state index in [4.69, 9.17) is 14.2 Å². The van der Waals surface area contributed by atoms with Crippen LogP contribution in [-0.4, -0.2) is 67.3 Å². The molecule has 2 unspecified atom stereocenters. The second-order valence-electron chi connectivity index (χ2n) is 3.22. The topological polar surface area (TPSA) is 188 Å². The molecule has 0 aromatic heterocycles. The van der Waals surface area contributed by atoms with Crippen LogP contribution in [0.3, 0.4) is 0 Å². The molecule has 5 N–H and O–H groups in total. The maximum Gasteiger partial charge on any atom is 0.397 e. The van der Waals surface area contributed by atoms with Gasteiger partial charge >= 0.3 is 20.7 Å². The van der Waals surface area contributed by atoms with E-state index in [2.05, 4.69) is 4.18 Å². The van der Waals surface area contributed by atoms with Crippen LogP contribution in [0, 0.1) is 6.42 Å². The summed E-state index contributed by atoms with van der Waals surface area (Å²) >= 11 is 0. The van der Waals surface area contributed by atoms with Crippen molar-refractivity contribution in [3.63, 3.8) is 0 Å². The maximum atomic E-state index is 10.5. The number of hydrogen-bond donors (Lipinski definition) is 5. The second-order valence-corrected chi connectivity index (χ2v) is 5.49. The van der Waals surface area contributed by atoms with E-state index < -0.39 is 45.6 Å². The van der Waals surface area contributed by atoms with E-state index in [1.807, 2.05) is 0 Å². The van der Waals surface area contributed by atoms with Crippen molar-refractivity contribution in [3.05, 3.63) is 6.42 Å². The van der Waals surface area contributed by atoms with Crippen molar-refractivity contribution in [3.8, 4) is 0 Å². The van der Waals surface area contributed by atoms with Gasteiger partial charge in [-0.1, -0.05) is 0 Å². The van der Waals surface area contributed by atoms with Gasteiger partial charge in [-0.25, -0.2) is 4.18 Å². The Hall–Kier alpha value is -0.670. The van der Waals surface area contributed by atoms with Crippen molar-refractivity contribution >= 4 is 27.0 Å². The lowest BCUT2D eigenvalue weighted by Gasteiger charge is -2.19. The number of aliphatic hydroxyl groups excluding tert-OH is 2. The summed E-state index contributed by atoms with van der Waals surface area (Å²) < 4.78 is 62.8. The highest BCUT2D eigenvalue weighted by Crippen LogP contribution is 2.03. The summed E-state index contributed by atoms with van der Waals surface area (Å²) in [6, 6.07) is -1.80. The molecule has 0 spiro atoms. The van der Waals surface area contributed by atoms with Gasteiger partial charge in [0.05, 0.1) is 18.8 Å². The molecule has 0 aliphatic carbocycles. The Morgan fingerprint density at radius 1 is 1.16 bits per heavy atom. The fraction of sp³-hybridized carbons (Fsp3) is 0.667. The van der Waals surface area contributed by atoms with Crippen LogP contribution < -0.4 is 4.72 Å². The molecule has 1 radical (unpaired) electrons. The second kappa shape index (κ2) is 7.20. The Kier molecular flexibility index (Phi) is 6.95. The van der Waals surface area contributed by atoms with Crippen molar-refractivity contribution in [1.29, 1.82) is 0 Å². The van der Waals surface area contributed by atoms with Gasteiger partial charge in [0.2, 0.25) is 0 Å². The zero-order chi connectivity index (χ0) is 15.3. The number of carbonyl (C=O) groups is 1. The SMILES string of the molecule is O=CC(NS(=O)(=O)O)[C@@H](O)[CH]C(O)COS(=O)(=O)O. The molecule has 0 aliphatic heterocycles. The van der Waals surface area contributed by atoms with Crippen molar-refractivity contribution in [2.45, 2.75) is 18.2 Å². The highest BCUT2D eigenvalue weighted by atomic mass is 32.3. The minimum atomic E-state index is -4.79. The molecule has 113 valence electrons. The van der Waals surface area contributed by atoms with E-state index in [0.717, 1.165) is 0 Å². The van der Waals surface area contributed by atoms with Gasteiger partial charge < -0.3 is 15.0 Å². The van der Waals surface area contributed by atoms with Crippen LogP contribution in [0.1, 0.15) is 0 Å². The summed E-state index contributed by atoms with van der Waals surface area (Å²) in [5.74, 6) is 0. The van der Waals surface area contributed by atoms with Gasteiger partial charge in [0.25, 0.3) is 0 Å². The van der Waals surface area contributed by atoms with E-state index in [9.17, 15) is 26.7 Å². The Labute approximate surface area is 109 Å². The lowest BCUT2D eigenvalue weighted by Crippen LogP contribution is -2.46. The van der Waals surface area contributed by atoms with E-state index >= 15 is 0 Å². The number of carbonyl (C=O) groups excluding carboxylic acids is 1. The monoisotopic (exact) mass is 322 g/mol. The zero-order valence-corrected chi connectivity index (χ0v) is 10.8. The summed E-state index contributed by atoms with van der Waals surface area (Å²) in [5, 5.41) is 18.5. The molecule has 0 saturated carbocycles. The third-order valence-electron chi connectivity index (χ3n) is 1.61. The van der Waals surface area contributed by atoms with Crippen molar-refractivity contribution in [2.75, 3.05) is 6.61 Å². The molecular weight excluding hydrogens is 310 g/mol. The summed E-state index contributed by atoms with van der Waals surface area (Å²) in [7, 11) is -9.55. The zero-order valence-electron chi connectivity index (χ0n) is 9.15. The first-order valence-corrected chi connectivity index (χ1v) is 7.28. The van der Waals surface area contributed by atoms with Crippen LogP contribution in [-0.2, 0) is 29.7 Å². The molecule has 0 bridgehead atoms. The predicted molar refractivity (Wildman–Crippen MR) is 58.4 cm³/mol. The number of aldehydes is 1. The average molecular weight is 322 g/mol. The van der Waals surface area contributed by atoms with Gasteiger partial charge in [-0.2, -0.15) is 21.6 Å². The standard InChI is InChI=1S/C6H12NO10S2/c8-2-5(7-18(11,12)13)6(10)1-4(9)3-17-19(14,15)16/h1-2,4-7,9-10H,3H2,(H,11,12,13)(H,14,15,16)/t4?,5?,6-/m0/s1. The molecule has 0 aliphatic rings. The highest BCUT2D eigenvalue weighted by Gasteiger charge is 2.26. The molecule has 0 rings (SSSR count). The molecular formula is C6H12NO10S2. The largest absolute Gasteiger partial charge is 0.397 e. The minimum Gasteiger partial charge on any atom is -0.391 e. The average Bonchev–Trinajstić information content (AvgIpc) is 2.20. The van der Waals surface area contributed by atoms with Crippen LogP contribution in [0.5, 0.6) is 0 Å². The number of rotatable bonds is 9. The lowest BCUT2D eigenvalue weighted by atomic mass is 10.1. The van der Waals surface area contributed by atoms with Crippen LogP contribution in [0.4, 0.5) is 0 Å². The van der Waals surface area contributed by atoms with E-state index in [-0.39, 0.29) is 6.29 Å². The third kappa shape index (κ3) is 9.85. The fourth-order valence-electron chi connectivity index (χ4n) is 0.909. The fourth-order valence-corrected chi connectivity index (χ4v) is 1.76. The molecule has 0 heterocycles. The summed E-state index contributed by atoms with van der Waals surface area (Å²) in [6.45, 7) is -0.965. The molecule has 19 heavy (non-hydrogen) atoms. The number of aliphatic hydroxyl groups is 2. The van der Waals surface area contributed by atoms with Crippen LogP contribution in [0.2, 0.25) is 0 Å². The smallest absolute Gasteiger partial charge is 0.391 e. The normalized spacial score (nSPS) is 17.7. The van der Waals surface area contributed by atoms with Gasteiger partial charge in [-0.05, 0) is 0 Å².